The first-order chi connectivity index (χ1) is 9.00. The van der Waals surface area contributed by atoms with Crippen LogP contribution < -0.4 is 5.32 Å². The van der Waals surface area contributed by atoms with E-state index in [1.165, 1.54) is 12.4 Å². The molecule has 2 aromatic heterocycles. The molecule has 0 aliphatic carbocycles. The van der Waals surface area contributed by atoms with Gasteiger partial charge in [-0.15, -0.1) is 0 Å². The molecule has 100 valence electrons. The zero-order valence-corrected chi connectivity index (χ0v) is 10.1. The van der Waals surface area contributed by atoms with Crippen molar-refractivity contribution < 1.29 is 13.2 Å². The van der Waals surface area contributed by atoms with Crippen LogP contribution in [0.1, 0.15) is 12.6 Å². The van der Waals surface area contributed by atoms with Crippen molar-refractivity contribution >= 4 is 5.95 Å². The number of nitrogens with one attached hydrogen (secondary N) is 1. The molecular formula is C12H11F3N4. The van der Waals surface area contributed by atoms with Gasteiger partial charge in [-0.05, 0) is 25.1 Å². The van der Waals surface area contributed by atoms with Crippen LogP contribution in [-0.4, -0.2) is 21.5 Å². The van der Waals surface area contributed by atoms with E-state index < -0.39 is 11.9 Å². The van der Waals surface area contributed by atoms with Gasteiger partial charge in [0.15, 0.2) is 5.69 Å². The lowest BCUT2D eigenvalue weighted by Crippen LogP contribution is -2.12. The van der Waals surface area contributed by atoms with Gasteiger partial charge in [-0.25, -0.2) is 9.97 Å². The Morgan fingerprint density at radius 3 is 2.42 bits per heavy atom. The van der Waals surface area contributed by atoms with Gasteiger partial charge in [-0.2, -0.15) is 13.2 Å². The summed E-state index contributed by atoms with van der Waals surface area (Å²) in [6.45, 7) is 2.20. The summed E-state index contributed by atoms with van der Waals surface area (Å²) >= 11 is 0. The Balaban J connectivity index is 2.52. The van der Waals surface area contributed by atoms with Gasteiger partial charge < -0.3 is 5.32 Å². The summed E-state index contributed by atoms with van der Waals surface area (Å²) in [6.07, 6.45) is -1.51. The summed E-state index contributed by atoms with van der Waals surface area (Å²) in [4.78, 5) is 11.3. The second-order valence-corrected chi connectivity index (χ2v) is 3.73. The van der Waals surface area contributed by atoms with Crippen LogP contribution in [0.25, 0.3) is 11.3 Å². The van der Waals surface area contributed by atoms with Crippen LogP contribution in [0.4, 0.5) is 19.1 Å². The Kier molecular flexibility index (Phi) is 3.64. The molecular weight excluding hydrogens is 257 g/mol. The number of hydrogen-bond donors (Lipinski definition) is 1. The Labute approximate surface area is 107 Å². The highest BCUT2D eigenvalue weighted by molar-refractivity contribution is 5.60. The van der Waals surface area contributed by atoms with Crippen LogP contribution in [0, 0.1) is 0 Å². The molecule has 0 amide bonds. The Morgan fingerprint density at radius 2 is 1.84 bits per heavy atom. The van der Waals surface area contributed by atoms with Crippen LogP contribution in [0.2, 0.25) is 0 Å². The molecule has 0 bridgehead atoms. The Hall–Kier alpha value is -2.18. The van der Waals surface area contributed by atoms with Crippen molar-refractivity contribution in [2.24, 2.45) is 0 Å². The van der Waals surface area contributed by atoms with Crippen molar-refractivity contribution in [3.63, 3.8) is 0 Å². The fraction of sp³-hybridized carbons (Fsp3) is 0.250. The lowest BCUT2D eigenvalue weighted by Gasteiger charge is -2.10. The predicted octanol–water partition coefficient (Wildman–Crippen LogP) is 2.99. The van der Waals surface area contributed by atoms with Crippen molar-refractivity contribution in [1.29, 1.82) is 0 Å². The fourth-order valence-electron chi connectivity index (χ4n) is 1.50. The molecule has 0 unspecified atom stereocenters. The molecule has 4 nitrogen and oxygen atoms in total. The Morgan fingerprint density at radius 1 is 1.16 bits per heavy atom. The second kappa shape index (κ2) is 5.21. The molecule has 0 aliphatic heterocycles. The maximum Gasteiger partial charge on any atom is 0.433 e. The molecule has 2 rings (SSSR count). The molecule has 2 aromatic rings. The third-order valence-electron chi connectivity index (χ3n) is 2.33. The average Bonchev–Trinajstić information content (AvgIpc) is 2.39. The van der Waals surface area contributed by atoms with Crippen molar-refractivity contribution in [3.05, 3.63) is 36.3 Å². The highest BCUT2D eigenvalue weighted by Gasteiger charge is 2.33. The normalized spacial score (nSPS) is 11.4. The van der Waals surface area contributed by atoms with Gasteiger partial charge in [0, 0.05) is 24.5 Å². The lowest BCUT2D eigenvalue weighted by molar-refractivity contribution is -0.141. The minimum Gasteiger partial charge on any atom is -0.354 e. The SMILES string of the molecule is CCNc1nc(-c2ccncc2)cc(C(F)(F)F)n1. The number of hydrogen-bond acceptors (Lipinski definition) is 4. The van der Waals surface area contributed by atoms with E-state index in [0.29, 0.717) is 12.1 Å². The number of nitrogens with zero attached hydrogens (tertiary/aromatic N) is 3. The number of anilines is 1. The highest BCUT2D eigenvalue weighted by atomic mass is 19.4. The molecule has 0 atom stereocenters. The van der Waals surface area contributed by atoms with E-state index in [0.717, 1.165) is 6.07 Å². The summed E-state index contributed by atoms with van der Waals surface area (Å²) in [7, 11) is 0. The minimum absolute atomic E-state index is 0.0378. The van der Waals surface area contributed by atoms with Gasteiger partial charge in [-0.3, -0.25) is 4.98 Å². The van der Waals surface area contributed by atoms with Crippen LogP contribution in [0.5, 0.6) is 0 Å². The first-order valence-corrected chi connectivity index (χ1v) is 5.61. The topological polar surface area (TPSA) is 50.7 Å². The third-order valence-corrected chi connectivity index (χ3v) is 2.33. The van der Waals surface area contributed by atoms with Gasteiger partial charge >= 0.3 is 6.18 Å². The van der Waals surface area contributed by atoms with Crippen LogP contribution in [-0.2, 0) is 6.18 Å². The molecule has 0 saturated carbocycles. The zero-order valence-electron chi connectivity index (χ0n) is 10.1. The Bertz CT molecular complexity index is 555. The summed E-state index contributed by atoms with van der Waals surface area (Å²) in [5.74, 6) is -0.0378. The van der Waals surface area contributed by atoms with E-state index in [2.05, 4.69) is 20.3 Å². The largest absolute Gasteiger partial charge is 0.433 e. The number of pyridine rings is 1. The molecule has 0 fully saturated rings. The first kappa shape index (κ1) is 13.3. The zero-order chi connectivity index (χ0) is 13.9. The number of rotatable bonds is 3. The van der Waals surface area contributed by atoms with E-state index in [-0.39, 0.29) is 11.6 Å². The standard InChI is InChI=1S/C12H11F3N4/c1-2-17-11-18-9(8-3-5-16-6-4-8)7-10(19-11)12(13,14)15/h3-7H,2H2,1H3,(H,17,18,19). The summed E-state index contributed by atoms with van der Waals surface area (Å²) in [5, 5.41) is 2.69. The van der Waals surface area contributed by atoms with E-state index >= 15 is 0 Å². The number of halogens is 3. The van der Waals surface area contributed by atoms with Gasteiger partial charge in [0.1, 0.15) is 0 Å². The van der Waals surface area contributed by atoms with E-state index in [9.17, 15) is 13.2 Å². The second-order valence-electron chi connectivity index (χ2n) is 3.73. The summed E-state index contributed by atoms with van der Waals surface area (Å²) in [6, 6.07) is 4.12. The van der Waals surface area contributed by atoms with Crippen molar-refractivity contribution in [1.82, 2.24) is 15.0 Å². The first-order valence-electron chi connectivity index (χ1n) is 5.61. The van der Waals surface area contributed by atoms with E-state index in [1.54, 1.807) is 19.1 Å². The van der Waals surface area contributed by atoms with Crippen LogP contribution in [0.15, 0.2) is 30.6 Å². The van der Waals surface area contributed by atoms with Gasteiger partial charge in [0.25, 0.3) is 0 Å². The third kappa shape index (κ3) is 3.18. The minimum atomic E-state index is -4.51. The van der Waals surface area contributed by atoms with Gasteiger partial charge in [0.2, 0.25) is 5.95 Å². The molecule has 0 spiro atoms. The predicted molar refractivity (Wildman–Crippen MR) is 64.4 cm³/mol. The van der Waals surface area contributed by atoms with Crippen molar-refractivity contribution in [2.75, 3.05) is 11.9 Å². The maximum absolute atomic E-state index is 12.8. The maximum atomic E-state index is 12.8. The molecule has 19 heavy (non-hydrogen) atoms. The fourth-order valence-corrected chi connectivity index (χ4v) is 1.50. The summed E-state index contributed by atoms with van der Waals surface area (Å²) in [5.41, 5.74) is -0.201. The van der Waals surface area contributed by atoms with E-state index in [4.69, 9.17) is 0 Å². The summed E-state index contributed by atoms with van der Waals surface area (Å²) < 4.78 is 38.3. The molecule has 7 heteroatoms. The monoisotopic (exact) mass is 268 g/mol. The van der Waals surface area contributed by atoms with Gasteiger partial charge in [0.05, 0.1) is 5.69 Å². The highest BCUT2D eigenvalue weighted by Crippen LogP contribution is 2.30. The quantitative estimate of drug-likeness (QED) is 0.929. The van der Waals surface area contributed by atoms with Crippen LogP contribution in [0.3, 0.4) is 0 Å². The average molecular weight is 268 g/mol. The van der Waals surface area contributed by atoms with Crippen molar-refractivity contribution in [3.8, 4) is 11.3 Å². The molecule has 0 aliphatic rings. The molecule has 0 aromatic carbocycles. The molecule has 1 N–H and O–H groups in total. The molecule has 0 radical (unpaired) electrons. The molecule has 0 saturated heterocycles. The number of alkyl halides is 3. The smallest absolute Gasteiger partial charge is 0.354 e. The lowest BCUT2D eigenvalue weighted by atomic mass is 10.1. The van der Waals surface area contributed by atoms with E-state index in [1.807, 2.05) is 0 Å². The number of aromatic nitrogens is 3. The van der Waals surface area contributed by atoms with Gasteiger partial charge in [-0.1, -0.05) is 0 Å². The molecule has 2 heterocycles. The van der Waals surface area contributed by atoms with Crippen molar-refractivity contribution in [2.45, 2.75) is 13.1 Å². The van der Waals surface area contributed by atoms with Crippen LogP contribution >= 0.6 is 0 Å².